The first-order valence-electron chi connectivity index (χ1n) is 10.7. The number of carbonyl (C=O) groups excluding carboxylic acids is 2. The largest absolute Gasteiger partial charge is 0.382 e. The molecule has 1 saturated heterocycles. The van der Waals surface area contributed by atoms with Crippen LogP contribution in [0.25, 0.3) is 11.0 Å². The number of nitrogens with one attached hydrogen (secondary N) is 2. The van der Waals surface area contributed by atoms with Crippen molar-refractivity contribution in [1.82, 2.24) is 15.3 Å². The van der Waals surface area contributed by atoms with Gasteiger partial charge in [-0.05, 0) is 48.9 Å². The number of amides is 2. The quantitative estimate of drug-likeness (QED) is 0.568. The van der Waals surface area contributed by atoms with Gasteiger partial charge >= 0.3 is 0 Å². The van der Waals surface area contributed by atoms with Gasteiger partial charge in [0.2, 0.25) is 5.91 Å². The molecule has 1 atom stereocenters. The van der Waals surface area contributed by atoms with E-state index in [1.165, 1.54) is 0 Å². The molecule has 0 radical (unpaired) electrons. The Hall–Kier alpha value is -3.67. The highest BCUT2D eigenvalue weighted by molar-refractivity contribution is 5.97. The maximum Gasteiger partial charge on any atom is 0.251 e. The summed E-state index contributed by atoms with van der Waals surface area (Å²) in [5, 5.41) is 2.99. The van der Waals surface area contributed by atoms with Crippen LogP contribution in [-0.4, -0.2) is 55.3 Å². The molecule has 33 heavy (non-hydrogen) atoms. The van der Waals surface area contributed by atoms with Crippen LogP contribution in [-0.2, 0) is 14.3 Å². The molecule has 1 fully saturated rings. The van der Waals surface area contributed by atoms with Gasteiger partial charge in [0, 0.05) is 30.5 Å². The molecule has 0 aliphatic carbocycles. The Morgan fingerprint density at radius 2 is 2.18 bits per heavy atom. The Morgan fingerprint density at radius 3 is 2.94 bits per heavy atom. The van der Waals surface area contributed by atoms with Crippen molar-refractivity contribution in [2.45, 2.75) is 19.4 Å². The van der Waals surface area contributed by atoms with Crippen LogP contribution in [0, 0.1) is 19.3 Å². The first-order valence-corrected chi connectivity index (χ1v) is 10.7. The molecule has 2 aromatic carbocycles. The van der Waals surface area contributed by atoms with E-state index in [2.05, 4.69) is 21.2 Å². The Bertz CT molecular complexity index is 1230. The van der Waals surface area contributed by atoms with E-state index < -0.39 is 6.04 Å². The zero-order chi connectivity index (χ0) is 23.4. The summed E-state index contributed by atoms with van der Waals surface area (Å²) in [6, 6.07) is 10.3. The Labute approximate surface area is 192 Å². The van der Waals surface area contributed by atoms with E-state index in [1.807, 2.05) is 25.1 Å². The number of aryl methyl sites for hydroxylation is 1. The lowest BCUT2D eigenvalue weighted by atomic mass is 10.1. The summed E-state index contributed by atoms with van der Waals surface area (Å²) in [7, 11) is 1.57. The fourth-order valence-electron chi connectivity index (χ4n) is 3.91. The molecule has 0 bridgehead atoms. The van der Waals surface area contributed by atoms with E-state index in [4.69, 9.17) is 15.9 Å². The Morgan fingerprint density at radius 1 is 1.33 bits per heavy atom. The molecular weight excluding hydrogens is 420 g/mol. The van der Waals surface area contributed by atoms with Gasteiger partial charge in [0.15, 0.2) is 0 Å². The molecule has 170 valence electrons. The third kappa shape index (κ3) is 4.90. The van der Waals surface area contributed by atoms with Crippen molar-refractivity contribution in [1.29, 1.82) is 0 Å². The summed E-state index contributed by atoms with van der Waals surface area (Å²) < 4.78 is 10.7. The molecule has 4 rings (SSSR count). The molecule has 8 nitrogen and oxygen atoms in total. The second-order valence-corrected chi connectivity index (χ2v) is 7.89. The molecule has 2 amide bonds. The lowest BCUT2D eigenvalue weighted by Crippen LogP contribution is -2.33. The Kier molecular flexibility index (Phi) is 6.73. The number of imidazole rings is 1. The summed E-state index contributed by atoms with van der Waals surface area (Å²) in [5.74, 6) is 2.93. The second kappa shape index (κ2) is 9.86. The van der Waals surface area contributed by atoms with Gasteiger partial charge in [-0.2, -0.15) is 0 Å². The maximum atomic E-state index is 13.0. The first-order chi connectivity index (χ1) is 16.0. The van der Waals surface area contributed by atoms with Gasteiger partial charge in [0.25, 0.3) is 5.91 Å². The number of H-pyrrole nitrogens is 1. The average molecular weight is 447 g/mol. The fourth-order valence-corrected chi connectivity index (χ4v) is 3.91. The molecule has 0 spiro atoms. The SMILES string of the molecule is C#Cc1ccc2[nH]c(C(COC)NC(=O)c3ccc(N4CCOCCC4=O)c(C)c3)nc2c1. The molecule has 1 aliphatic rings. The van der Waals surface area contributed by atoms with Gasteiger partial charge < -0.3 is 24.7 Å². The third-order valence-corrected chi connectivity index (χ3v) is 5.61. The van der Waals surface area contributed by atoms with Crippen LogP contribution in [0.4, 0.5) is 5.69 Å². The molecule has 3 aromatic rings. The topological polar surface area (TPSA) is 96.5 Å². The van der Waals surface area contributed by atoms with E-state index in [-0.39, 0.29) is 18.4 Å². The lowest BCUT2D eigenvalue weighted by molar-refractivity contribution is -0.118. The zero-order valence-corrected chi connectivity index (χ0v) is 18.7. The van der Waals surface area contributed by atoms with Gasteiger partial charge in [-0.15, -0.1) is 6.42 Å². The lowest BCUT2D eigenvalue weighted by Gasteiger charge is -2.23. The molecular formula is C25H26N4O4. The van der Waals surface area contributed by atoms with E-state index in [0.29, 0.717) is 37.6 Å². The molecule has 2 N–H and O–H groups in total. The highest BCUT2D eigenvalue weighted by atomic mass is 16.5. The van der Waals surface area contributed by atoms with E-state index >= 15 is 0 Å². The summed E-state index contributed by atoms with van der Waals surface area (Å²) in [5.41, 5.74) is 4.40. The minimum atomic E-state index is -0.478. The smallest absolute Gasteiger partial charge is 0.251 e. The van der Waals surface area contributed by atoms with Crippen LogP contribution in [0.15, 0.2) is 36.4 Å². The van der Waals surface area contributed by atoms with Crippen LogP contribution < -0.4 is 10.2 Å². The van der Waals surface area contributed by atoms with Crippen LogP contribution >= 0.6 is 0 Å². The number of carbonyl (C=O) groups is 2. The summed E-state index contributed by atoms with van der Waals surface area (Å²) in [4.78, 5) is 35.0. The first kappa shape index (κ1) is 22.5. The van der Waals surface area contributed by atoms with Crippen LogP contribution in [0.5, 0.6) is 0 Å². The van der Waals surface area contributed by atoms with Crippen LogP contribution in [0.3, 0.4) is 0 Å². The van der Waals surface area contributed by atoms with Crippen molar-refractivity contribution < 1.29 is 19.1 Å². The average Bonchev–Trinajstić information content (AvgIpc) is 3.13. The van der Waals surface area contributed by atoms with Gasteiger partial charge in [-0.3, -0.25) is 9.59 Å². The second-order valence-electron chi connectivity index (χ2n) is 7.89. The predicted octanol–water partition coefficient (Wildman–Crippen LogP) is 2.72. The van der Waals surface area contributed by atoms with Gasteiger partial charge in [-0.25, -0.2) is 4.98 Å². The number of terminal acetylenes is 1. The number of rotatable bonds is 6. The number of hydrogen-bond acceptors (Lipinski definition) is 5. The molecule has 1 aliphatic heterocycles. The van der Waals surface area contributed by atoms with Crippen molar-refractivity contribution in [3.05, 3.63) is 58.9 Å². The van der Waals surface area contributed by atoms with Crippen molar-refractivity contribution in [2.75, 3.05) is 38.4 Å². The number of benzene rings is 2. The van der Waals surface area contributed by atoms with Crippen LogP contribution in [0.1, 0.15) is 39.8 Å². The predicted molar refractivity (Wildman–Crippen MR) is 125 cm³/mol. The molecule has 0 saturated carbocycles. The summed E-state index contributed by atoms with van der Waals surface area (Å²) >= 11 is 0. The monoisotopic (exact) mass is 446 g/mol. The van der Waals surface area contributed by atoms with Crippen molar-refractivity contribution in [2.24, 2.45) is 0 Å². The summed E-state index contributed by atoms with van der Waals surface area (Å²) in [6.45, 7) is 3.55. The number of hydrogen-bond donors (Lipinski definition) is 2. The normalized spacial score (nSPS) is 15.2. The van der Waals surface area contributed by atoms with Crippen molar-refractivity contribution >= 4 is 28.5 Å². The van der Waals surface area contributed by atoms with Crippen molar-refractivity contribution in [3.63, 3.8) is 0 Å². The molecule has 1 aromatic heterocycles. The number of methoxy groups -OCH3 is 1. The maximum absolute atomic E-state index is 13.0. The Balaban J connectivity index is 1.54. The minimum Gasteiger partial charge on any atom is -0.382 e. The number of aromatic amines is 1. The molecule has 1 unspecified atom stereocenters. The minimum absolute atomic E-state index is 0.0193. The van der Waals surface area contributed by atoms with Crippen LogP contribution in [0.2, 0.25) is 0 Å². The van der Waals surface area contributed by atoms with Gasteiger partial charge in [0.1, 0.15) is 11.9 Å². The number of ether oxygens (including phenoxy) is 2. The highest BCUT2D eigenvalue weighted by Gasteiger charge is 2.23. The van der Waals surface area contributed by atoms with Gasteiger partial charge in [-0.1, -0.05) is 5.92 Å². The zero-order valence-electron chi connectivity index (χ0n) is 18.7. The third-order valence-electron chi connectivity index (χ3n) is 5.61. The fraction of sp³-hybridized carbons (Fsp3) is 0.320. The number of anilines is 1. The molecule has 2 heterocycles. The number of fused-ring (bicyclic) bond motifs is 1. The number of nitrogens with zero attached hydrogens (tertiary/aromatic N) is 2. The van der Waals surface area contributed by atoms with Gasteiger partial charge in [0.05, 0.1) is 37.3 Å². The number of aromatic nitrogens is 2. The van der Waals surface area contributed by atoms with E-state index in [0.717, 1.165) is 27.8 Å². The van der Waals surface area contributed by atoms with E-state index in [9.17, 15) is 9.59 Å². The van der Waals surface area contributed by atoms with E-state index in [1.54, 1.807) is 30.2 Å². The van der Waals surface area contributed by atoms with Crippen molar-refractivity contribution in [3.8, 4) is 12.3 Å². The standard InChI is InChI=1S/C25H26N4O4/c1-4-17-5-7-19-20(14-17)27-24(26-19)21(15-32-3)28-25(31)18-6-8-22(16(2)13-18)29-10-12-33-11-9-23(29)30/h1,5-8,13-14,21H,9-12,15H2,2-3H3,(H,26,27)(H,28,31). The summed E-state index contributed by atoms with van der Waals surface area (Å²) in [6.07, 6.45) is 5.83. The molecule has 8 heteroatoms. The highest BCUT2D eigenvalue weighted by Crippen LogP contribution is 2.24.